The third kappa shape index (κ3) is 2.13. The summed E-state index contributed by atoms with van der Waals surface area (Å²) >= 11 is 0. The summed E-state index contributed by atoms with van der Waals surface area (Å²) in [5, 5.41) is 3.43. The summed E-state index contributed by atoms with van der Waals surface area (Å²) in [6, 6.07) is 15.2. The first-order valence-electron chi connectivity index (χ1n) is 6.78. The van der Waals surface area contributed by atoms with Gasteiger partial charge >= 0.3 is 0 Å². The molecular formula is C17H19NO. The van der Waals surface area contributed by atoms with Crippen molar-refractivity contribution >= 4 is 0 Å². The van der Waals surface area contributed by atoms with Crippen molar-refractivity contribution in [2.24, 2.45) is 0 Å². The van der Waals surface area contributed by atoms with E-state index in [-0.39, 0.29) is 6.04 Å². The molecular weight excluding hydrogens is 234 g/mol. The lowest BCUT2D eigenvalue weighted by atomic mass is 9.93. The molecule has 0 spiro atoms. The number of ether oxygens (including phenoxy) is 1. The second-order valence-corrected chi connectivity index (χ2v) is 5.01. The molecule has 0 bridgehead atoms. The molecule has 98 valence electrons. The molecule has 0 aromatic heterocycles. The van der Waals surface area contributed by atoms with Crippen LogP contribution in [0, 0.1) is 6.92 Å². The highest BCUT2D eigenvalue weighted by Gasteiger charge is 2.22. The Morgan fingerprint density at radius 2 is 1.84 bits per heavy atom. The van der Waals surface area contributed by atoms with E-state index in [0.29, 0.717) is 0 Å². The number of para-hydroxylation sites is 1. The van der Waals surface area contributed by atoms with Crippen molar-refractivity contribution < 1.29 is 4.74 Å². The lowest BCUT2D eigenvalue weighted by molar-refractivity contribution is 0.351. The van der Waals surface area contributed by atoms with Crippen LogP contribution in [0.4, 0.5) is 0 Å². The van der Waals surface area contributed by atoms with Crippen LogP contribution in [0.1, 0.15) is 28.3 Å². The number of hydrogen-bond acceptors (Lipinski definition) is 2. The zero-order valence-electron chi connectivity index (χ0n) is 11.4. The highest BCUT2D eigenvalue weighted by Crippen LogP contribution is 2.36. The molecule has 2 aromatic carbocycles. The molecule has 1 N–H and O–H groups in total. The first-order chi connectivity index (χ1) is 9.31. The number of nitrogens with one attached hydrogen (secondary N) is 1. The van der Waals surface area contributed by atoms with Crippen molar-refractivity contribution in [3.63, 3.8) is 0 Å². The molecule has 0 saturated carbocycles. The van der Waals surface area contributed by atoms with Gasteiger partial charge in [-0.25, -0.2) is 0 Å². The van der Waals surface area contributed by atoms with Crippen molar-refractivity contribution in [1.82, 2.24) is 5.32 Å². The maximum Gasteiger partial charge on any atom is 0.127 e. The minimum absolute atomic E-state index is 0.189. The van der Waals surface area contributed by atoms with E-state index in [9.17, 15) is 0 Å². The van der Waals surface area contributed by atoms with E-state index in [4.69, 9.17) is 4.74 Å². The Morgan fingerprint density at radius 3 is 2.63 bits per heavy atom. The van der Waals surface area contributed by atoms with E-state index in [0.717, 1.165) is 18.8 Å². The van der Waals surface area contributed by atoms with Gasteiger partial charge in [-0.15, -0.1) is 0 Å². The first-order valence-corrected chi connectivity index (χ1v) is 6.78. The second kappa shape index (κ2) is 5.06. The zero-order chi connectivity index (χ0) is 13.2. The highest BCUT2D eigenvalue weighted by atomic mass is 16.5. The van der Waals surface area contributed by atoms with Crippen LogP contribution in [0.3, 0.4) is 0 Å². The molecule has 0 radical (unpaired) electrons. The molecule has 1 heterocycles. The van der Waals surface area contributed by atoms with Gasteiger partial charge in [-0.05, 0) is 30.7 Å². The van der Waals surface area contributed by atoms with Crippen LogP contribution in [0.25, 0.3) is 0 Å². The van der Waals surface area contributed by atoms with Crippen LogP contribution < -0.4 is 10.1 Å². The Balaban J connectivity index is 2.09. The van der Waals surface area contributed by atoms with Gasteiger partial charge in [-0.3, -0.25) is 0 Å². The van der Waals surface area contributed by atoms with E-state index in [1.54, 1.807) is 0 Å². The predicted octanol–water partition coefficient (Wildman–Crippen LogP) is 3.24. The molecule has 2 heteroatoms. The van der Waals surface area contributed by atoms with Crippen molar-refractivity contribution in [3.8, 4) is 5.75 Å². The van der Waals surface area contributed by atoms with Crippen LogP contribution in [0.5, 0.6) is 5.75 Å². The maximum absolute atomic E-state index is 5.83. The van der Waals surface area contributed by atoms with Gasteiger partial charge in [0.25, 0.3) is 0 Å². The van der Waals surface area contributed by atoms with E-state index >= 15 is 0 Å². The Kier molecular flexibility index (Phi) is 3.26. The van der Waals surface area contributed by atoms with Crippen molar-refractivity contribution in [2.75, 3.05) is 13.7 Å². The topological polar surface area (TPSA) is 21.3 Å². The van der Waals surface area contributed by atoms with Gasteiger partial charge in [0.2, 0.25) is 0 Å². The molecule has 1 unspecified atom stereocenters. The standard InChI is InChI=1S/C17H19NO/c1-12-6-3-4-8-14(12)16(18-2)15-9-5-7-13-10-11-19-17(13)15/h3-9,16,18H,10-11H2,1-2H3. The highest BCUT2D eigenvalue weighted by molar-refractivity contribution is 5.49. The fourth-order valence-electron chi connectivity index (χ4n) is 2.86. The normalized spacial score (nSPS) is 14.8. The van der Waals surface area contributed by atoms with E-state index in [1.165, 1.54) is 22.3 Å². The van der Waals surface area contributed by atoms with Gasteiger partial charge in [0.15, 0.2) is 0 Å². The van der Waals surface area contributed by atoms with Gasteiger partial charge < -0.3 is 10.1 Å². The number of aryl methyl sites for hydroxylation is 1. The molecule has 1 aliphatic heterocycles. The molecule has 1 atom stereocenters. The maximum atomic E-state index is 5.83. The smallest absolute Gasteiger partial charge is 0.127 e. The van der Waals surface area contributed by atoms with Crippen LogP contribution in [0.15, 0.2) is 42.5 Å². The summed E-state index contributed by atoms with van der Waals surface area (Å²) in [7, 11) is 2.01. The van der Waals surface area contributed by atoms with E-state index in [1.807, 2.05) is 7.05 Å². The summed E-state index contributed by atoms with van der Waals surface area (Å²) in [5.74, 6) is 1.07. The minimum Gasteiger partial charge on any atom is -0.493 e. The Labute approximate surface area is 114 Å². The number of fused-ring (bicyclic) bond motifs is 1. The quantitative estimate of drug-likeness (QED) is 0.906. The number of benzene rings is 2. The average molecular weight is 253 g/mol. The van der Waals surface area contributed by atoms with Gasteiger partial charge in [-0.2, -0.15) is 0 Å². The monoisotopic (exact) mass is 253 g/mol. The Hall–Kier alpha value is -1.80. The summed E-state index contributed by atoms with van der Waals surface area (Å²) in [4.78, 5) is 0. The lowest BCUT2D eigenvalue weighted by Crippen LogP contribution is -2.19. The zero-order valence-corrected chi connectivity index (χ0v) is 11.4. The molecule has 0 amide bonds. The Bertz CT molecular complexity index is 592. The minimum atomic E-state index is 0.189. The molecule has 2 aromatic rings. The van der Waals surface area contributed by atoms with Crippen molar-refractivity contribution in [1.29, 1.82) is 0 Å². The molecule has 3 rings (SSSR count). The molecule has 0 fully saturated rings. The fraction of sp³-hybridized carbons (Fsp3) is 0.294. The van der Waals surface area contributed by atoms with Gasteiger partial charge in [-0.1, -0.05) is 42.5 Å². The SMILES string of the molecule is CNC(c1ccccc1C)c1cccc2c1OCC2. The predicted molar refractivity (Wildman–Crippen MR) is 77.7 cm³/mol. The van der Waals surface area contributed by atoms with Crippen LogP contribution in [-0.4, -0.2) is 13.7 Å². The molecule has 1 aliphatic rings. The first kappa shape index (κ1) is 12.2. The number of hydrogen-bond donors (Lipinski definition) is 1. The summed E-state index contributed by atoms with van der Waals surface area (Å²) in [5.41, 5.74) is 5.18. The number of rotatable bonds is 3. The van der Waals surface area contributed by atoms with Gasteiger partial charge in [0.05, 0.1) is 12.6 Å². The third-order valence-corrected chi connectivity index (χ3v) is 3.84. The van der Waals surface area contributed by atoms with Crippen LogP contribution in [0.2, 0.25) is 0 Å². The van der Waals surface area contributed by atoms with E-state index in [2.05, 4.69) is 54.7 Å². The molecule has 19 heavy (non-hydrogen) atoms. The van der Waals surface area contributed by atoms with Gasteiger partial charge in [0.1, 0.15) is 5.75 Å². The second-order valence-electron chi connectivity index (χ2n) is 5.01. The molecule has 0 aliphatic carbocycles. The summed E-state index contributed by atoms with van der Waals surface area (Å²) in [6.45, 7) is 2.96. The van der Waals surface area contributed by atoms with Crippen molar-refractivity contribution in [3.05, 3.63) is 64.7 Å². The van der Waals surface area contributed by atoms with Gasteiger partial charge in [0, 0.05) is 12.0 Å². The molecule has 0 saturated heterocycles. The average Bonchev–Trinajstić information content (AvgIpc) is 2.91. The van der Waals surface area contributed by atoms with E-state index < -0.39 is 0 Å². The lowest BCUT2D eigenvalue weighted by Gasteiger charge is -2.21. The van der Waals surface area contributed by atoms with Crippen LogP contribution in [-0.2, 0) is 6.42 Å². The summed E-state index contributed by atoms with van der Waals surface area (Å²) in [6.07, 6.45) is 1.02. The Morgan fingerprint density at radius 1 is 1.05 bits per heavy atom. The summed E-state index contributed by atoms with van der Waals surface area (Å²) < 4.78 is 5.83. The largest absolute Gasteiger partial charge is 0.493 e. The fourth-order valence-corrected chi connectivity index (χ4v) is 2.86. The van der Waals surface area contributed by atoms with Crippen molar-refractivity contribution in [2.45, 2.75) is 19.4 Å². The molecule has 2 nitrogen and oxygen atoms in total. The third-order valence-electron chi connectivity index (χ3n) is 3.84. The van der Waals surface area contributed by atoms with Crippen LogP contribution >= 0.6 is 0 Å².